The molecule has 2 saturated heterocycles. The highest BCUT2D eigenvalue weighted by molar-refractivity contribution is 7.89. The van der Waals surface area contributed by atoms with Crippen molar-refractivity contribution < 1.29 is 35.9 Å². The number of amides is 1. The van der Waals surface area contributed by atoms with Crippen LogP contribution in [0, 0.1) is 6.92 Å². The van der Waals surface area contributed by atoms with Crippen LogP contribution >= 0.6 is 0 Å². The topological polar surface area (TPSA) is 76.2 Å². The number of sulfonamides is 1. The molecule has 2 fully saturated rings. The van der Waals surface area contributed by atoms with Crippen LogP contribution in [-0.2, 0) is 19.5 Å². The van der Waals surface area contributed by atoms with Gasteiger partial charge in [-0.05, 0) is 31.9 Å². The van der Waals surface area contributed by atoms with Gasteiger partial charge in [0.25, 0.3) is 0 Å². The number of alkyl halides is 3. The molecule has 0 aliphatic carbocycles. The summed E-state index contributed by atoms with van der Waals surface area (Å²) in [5, 5.41) is 0. The summed E-state index contributed by atoms with van der Waals surface area (Å²) in [6.07, 6.45) is -7.69. The van der Waals surface area contributed by atoms with Gasteiger partial charge in [0.15, 0.2) is 6.10 Å². The summed E-state index contributed by atoms with van der Waals surface area (Å²) in [7, 11) is -3.68. The number of likely N-dealkylation sites (tertiary alicyclic amines) is 1. The number of hydrogen-bond donors (Lipinski definition) is 0. The normalized spacial score (nSPS) is 21.7. The number of nitrogens with zero attached hydrogens (tertiary/aromatic N) is 2. The van der Waals surface area contributed by atoms with E-state index in [9.17, 15) is 26.4 Å². The molecule has 2 aliphatic rings. The van der Waals surface area contributed by atoms with Crippen molar-refractivity contribution in [3.05, 3.63) is 37.3 Å². The fraction of sp³-hybridized carbons (Fsp3) is 0.556. The molecule has 1 aromatic rings. The Morgan fingerprint density at radius 3 is 2.38 bits per heavy atom. The number of halogens is 3. The van der Waals surface area contributed by atoms with Gasteiger partial charge in [0.05, 0.1) is 17.1 Å². The Bertz CT molecular complexity index is 824. The van der Waals surface area contributed by atoms with Crippen molar-refractivity contribution >= 4 is 16.1 Å². The Morgan fingerprint density at radius 1 is 1.17 bits per heavy atom. The molecule has 161 valence electrons. The number of rotatable bonds is 3. The van der Waals surface area contributed by atoms with Gasteiger partial charge in [-0.15, -0.1) is 0 Å². The van der Waals surface area contributed by atoms with E-state index < -0.39 is 34.0 Å². The summed E-state index contributed by atoms with van der Waals surface area (Å²) in [5.41, 5.74) is -0.787. The molecular weight excluding hydrogens is 413 g/mol. The maximum absolute atomic E-state index is 12.9. The van der Waals surface area contributed by atoms with Crippen molar-refractivity contribution in [1.29, 1.82) is 0 Å². The second-order valence-corrected chi connectivity index (χ2v) is 9.02. The van der Waals surface area contributed by atoms with Gasteiger partial charge < -0.3 is 14.4 Å². The van der Waals surface area contributed by atoms with Gasteiger partial charge in [-0.25, -0.2) is 13.2 Å². The first-order valence-corrected chi connectivity index (χ1v) is 10.5. The van der Waals surface area contributed by atoms with Crippen molar-refractivity contribution in [2.75, 3.05) is 32.8 Å². The first-order valence-electron chi connectivity index (χ1n) is 9.08. The lowest BCUT2D eigenvalue weighted by Crippen LogP contribution is -2.58. The molecule has 0 aromatic heterocycles. The molecule has 0 unspecified atom stereocenters. The van der Waals surface area contributed by atoms with E-state index >= 15 is 0 Å². The van der Waals surface area contributed by atoms with Gasteiger partial charge in [-0.2, -0.15) is 17.5 Å². The van der Waals surface area contributed by atoms with Crippen LogP contribution < -0.4 is 0 Å². The molecule has 1 spiro atoms. The molecule has 0 saturated carbocycles. The smallest absolute Gasteiger partial charge is 0.425 e. The number of ether oxygens (including phenoxy) is 2. The summed E-state index contributed by atoms with van der Waals surface area (Å²) < 4.78 is 74.9. The van der Waals surface area contributed by atoms with Gasteiger partial charge in [-0.1, -0.05) is 18.2 Å². The molecule has 7 nitrogen and oxygen atoms in total. The second kappa shape index (κ2) is 8.11. The molecule has 11 heteroatoms. The van der Waals surface area contributed by atoms with Crippen molar-refractivity contribution in [3.63, 3.8) is 0 Å². The third-order valence-electron chi connectivity index (χ3n) is 5.14. The number of morpholine rings is 1. The third-order valence-corrected chi connectivity index (χ3v) is 6.99. The summed E-state index contributed by atoms with van der Waals surface area (Å²) in [5.74, 6) is 0. The molecule has 3 rings (SSSR count). The zero-order valence-electron chi connectivity index (χ0n) is 15.6. The Kier molecular flexibility index (Phi) is 6.11. The highest BCUT2D eigenvalue weighted by atomic mass is 32.2. The van der Waals surface area contributed by atoms with E-state index in [2.05, 4.69) is 11.7 Å². The average molecular weight is 435 g/mol. The van der Waals surface area contributed by atoms with E-state index in [1.54, 1.807) is 18.2 Å². The van der Waals surface area contributed by atoms with E-state index in [4.69, 9.17) is 4.74 Å². The van der Waals surface area contributed by atoms with E-state index in [-0.39, 0.29) is 50.5 Å². The van der Waals surface area contributed by atoms with Crippen LogP contribution in [0.5, 0.6) is 0 Å². The minimum atomic E-state index is -4.73. The molecule has 2 heterocycles. The standard InChI is InChI=1S/C18H22F3N2O5S/c1-14(18(19,20)21)28-16(24)22-9-7-17(8-10-22)13-23(11-12-27-17)29(25,26)15-5-3-2-4-6-15/h2-6,14H,1,7-13H2/t14-/m1/s1. The first-order chi connectivity index (χ1) is 13.5. The SMILES string of the molecule is [CH2][C@@H](OC(=O)N1CCC2(CC1)CN(S(=O)(=O)c1ccccc1)CCO2)C(F)(F)F. The first kappa shape index (κ1) is 21.8. The van der Waals surface area contributed by atoms with E-state index in [0.717, 1.165) is 4.90 Å². The van der Waals surface area contributed by atoms with Crippen LogP contribution in [0.3, 0.4) is 0 Å². The zero-order valence-corrected chi connectivity index (χ0v) is 16.4. The monoisotopic (exact) mass is 435 g/mol. The predicted molar refractivity (Wildman–Crippen MR) is 96.4 cm³/mol. The molecule has 1 aromatic carbocycles. The lowest BCUT2D eigenvalue weighted by molar-refractivity contribution is -0.192. The van der Waals surface area contributed by atoms with Gasteiger partial charge in [-0.3, -0.25) is 0 Å². The lowest BCUT2D eigenvalue weighted by Gasteiger charge is -2.46. The molecule has 1 amide bonds. The quantitative estimate of drug-likeness (QED) is 0.729. The van der Waals surface area contributed by atoms with Crippen LogP contribution in [0.15, 0.2) is 35.2 Å². The van der Waals surface area contributed by atoms with E-state index in [1.807, 2.05) is 0 Å². The van der Waals surface area contributed by atoms with Gasteiger partial charge in [0.1, 0.15) is 0 Å². The highest BCUT2D eigenvalue weighted by Gasteiger charge is 2.45. The fourth-order valence-electron chi connectivity index (χ4n) is 3.42. The predicted octanol–water partition coefficient (Wildman–Crippen LogP) is 2.44. The van der Waals surface area contributed by atoms with Crippen LogP contribution in [0.2, 0.25) is 0 Å². The van der Waals surface area contributed by atoms with E-state index in [1.165, 1.54) is 16.4 Å². The highest BCUT2D eigenvalue weighted by Crippen LogP contribution is 2.33. The van der Waals surface area contributed by atoms with Gasteiger partial charge >= 0.3 is 12.3 Å². The van der Waals surface area contributed by atoms with Gasteiger partial charge in [0.2, 0.25) is 10.0 Å². The Labute approximate surface area is 167 Å². The van der Waals surface area contributed by atoms with Crippen molar-refractivity contribution in [3.8, 4) is 0 Å². The molecule has 1 atom stereocenters. The minimum Gasteiger partial charge on any atom is -0.436 e. The van der Waals surface area contributed by atoms with Gasteiger partial charge in [0, 0.05) is 26.2 Å². The number of carbonyl (C=O) groups excluding carboxylic acids is 1. The zero-order chi connectivity index (χ0) is 21.3. The fourth-order valence-corrected chi connectivity index (χ4v) is 4.94. The number of benzene rings is 1. The lowest BCUT2D eigenvalue weighted by atomic mass is 9.90. The van der Waals surface area contributed by atoms with Crippen molar-refractivity contribution in [2.45, 2.75) is 35.6 Å². The largest absolute Gasteiger partial charge is 0.436 e. The Balaban J connectivity index is 1.62. The molecule has 0 N–H and O–H groups in total. The molecule has 0 bridgehead atoms. The summed E-state index contributed by atoms with van der Waals surface area (Å²) in [6.45, 7) is 3.53. The Morgan fingerprint density at radius 2 is 1.79 bits per heavy atom. The maximum Gasteiger partial charge on any atom is 0.425 e. The molecular formula is C18H22F3N2O5S. The third kappa shape index (κ3) is 4.84. The van der Waals surface area contributed by atoms with Crippen molar-refractivity contribution in [1.82, 2.24) is 9.21 Å². The minimum absolute atomic E-state index is 0.0998. The number of piperidine rings is 1. The molecule has 29 heavy (non-hydrogen) atoms. The van der Waals surface area contributed by atoms with E-state index in [0.29, 0.717) is 0 Å². The van der Waals surface area contributed by atoms with Crippen LogP contribution in [0.1, 0.15) is 12.8 Å². The Hall–Kier alpha value is -1.85. The van der Waals surface area contributed by atoms with Crippen LogP contribution in [0.25, 0.3) is 0 Å². The maximum atomic E-state index is 12.9. The summed E-state index contributed by atoms with van der Waals surface area (Å²) in [6, 6.07) is 8.05. The average Bonchev–Trinajstić information content (AvgIpc) is 2.68. The van der Waals surface area contributed by atoms with Crippen LogP contribution in [-0.4, -0.2) is 74.4 Å². The van der Waals surface area contributed by atoms with Crippen molar-refractivity contribution in [2.24, 2.45) is 0 Å². The second-order valence-electron chi connectivity index (χ2n) is 7.08. The molecule has 1 radical (unpaired) electrons. The molecule has 2 aliphatic heterocycles. The summed E-state index contributed by atoms with van der Waals surface area (Å²) in [4.78, 5) is 13.3. The number of carbonyl (C=O) groups is 1. The number of hydrogen-bond acceptors (Lipinski definition) is 5. The summed E-state index contributed by atoms with van der Waals surface area (Å²) >= 11 is 0. The van der Waals surface area contributed by atoms with Crippen LogP contribution in [0.4, 0.5) is 18.0 Å².